The van der Waals surface area contributed by atoms with Gasteiger partial charge in [-0.2, -0.15) is 0 Å². The summed E-state index contributed by atoms with van der Waals surface area (Å²) in [5.41, 5.74) is 2.51. The molecule has 0 spiro atoms. The number of carbonyl (C=O) groups is 1. The normalized spacial score (nSPS) is 10.6. The highest BCUT2D eigenvalue weighted by atomic mass is 35.5. The Labute approximate surface area is 149 Å². The number of carbonyl (C=O) groups excluding carboxylic acids is 1. The molecule has 6 heteroatoms. The molecule has 3 aromatic rings. The molecule has 4 nitrogen and oxygen atoms in total. The van der Waals surface area contributed by atoms with Crippen LogP contribution < -0.4 is 5.32 Å². The Kier molecular flexibility index (Phi) is 5.23. The van der Waals surface area contributed by atoms with Crippen molar-refractivity contribution in [3.05, 3.63) is 65.5 Å². The highest BCUT2D eigenvalue weighted by Gasteiger charge is 2.08. The van der Waals surface area contributed by atoms with Crippen molar-refractivity contribution in [3.63, 3.8) is 0 Å². The molecular formula is C18H15ClN2O2S. The summed E-state index contributed by atoms with van der Waals surface area (Å²) in [6, 6.07) is 15.1. The van der Waals surface area contributed by atoms with E-state index in [1.807, 2.05) is 48.5 Å². The van der Waals surface area contributed by atoms with E-state index in [1.54, 1.807) is 18.0 Å². The lowest BCUT2D eigenvalue weighted by Gasteiger charge is -2.03. The number of oxazole rings is 1. The first kappa shape index (κ1) is 16.6. The van der Waals surface area contributed by atoms with Crippen LogP contribution in [-0.2, 0) is 10.5 Å². The lowest BCUT2D eigenvalue weighted by atomic mass is 10.2. The van der Waals surface area contributed by atoms with Crippen molar-refractivity contribution in [1.82, 2.24) is 4.98 Å². The molecule has 1 aromatic heterocycles. The van der Waals surface area contributed by atoms with Crippen LogP contribution in [-0.4, -0.2) is 10.9 Å². The predicted molar refractivity (Wildman–Crippen MR) is 97.3 cm³/mol. The molecule has 1 heterocycles. The van der Waals surface area contributed by atoms with Crippen molar-refractivity contribution in [1.29, 1.82) is 0 Å². The number of nitrogens with zero attached hydrogens (tertiary/aromatic N) is 1. The summed E-state index contributed by atoms with van der Waals surface area (Å²) in [5, 5.41) is 3.40. The van der Waals surface area contributed by atoms with Gasteiger partial charge in [0.15, 0.2) is 0 Å². The van der Waals surface area contributed by atoms with E-state index in [0.717, 1.165) is 21.8 Å². The summed E-state index contributed by atoms with van der Waals surface area (Å²) in [5.74, 6) is 1.18. The highest BCUT2D eigenvalue weighted by molar-refractivity contribution is 7.98. The lowest BCUT2D eigenvalue weighted by Crippen LogP contribution is -2.05. The molecule has 0 saturated heterocycles. The molecule has 1 N–H and O–H groups in total. The summed E-state index contributed by atoms with van der Waals surface area (Å²) < 4.78 is 5.53. The highest BCUT2D eigenvalue weighted by Crippen LogP contribution is 2.27. The molecule has 0 fully saturated rings. The van der Waals surface area contributed by atoms with Crippen molar-refractivity contribution in [2.24, 2.45) is 0 Å². The molecule has 0 radical (unpaired) electrons. The molecule has 0 aliphatic heterocycles. The van der Waals surface area contributed by atoms with Gasteiger partial charge in [0, 0.05) is 33.8 Å². The first-order valence-electron chi connectivity index (χ1n) is 7.31. The van der Waals surface area contributed by atoms with Crippen LogP contribution in [0, 0.1) is 0 Å². The van der Waals surface area contributed by atoms with Gasteiger partial charge in [-0.1, -0.05) is 17.7 Å². The van der Waals surface area contributed by atoms with E-state index in [9.17, 15) is 4.79 Å². The Morgan fingerprint density at radius 1 is 1.25 bits per heavy atom. The molecule has 3 rings (SSSR count). The third kappa shape index (κ3) is 4.40. The smallest absolute Gasteiger partial charge is 0.226 e. The van der Waals surface area contributed by atoms with Gasteiger partial charge in [-0.05, 0) is 42.5 Å². The first-order valence-corrected chi connectivity index (χ1v) is 8.67. The number of anilines is 1. The molecule has 0 atom stereocenters. The minimum absolute atomic E-state index is 0.0773. The van der Waals surface area contributed by atoms with E-state index in [0.29, 0.717) is 16.7 Å². The minimum Gasteiger partial charge on any atom is -0.444 e. The molecule has 122 valence electrons. The number of nitrogens with one attached hydrogen (secondary N) is 1. The zero-order chi connectivity index (χ0) is 16.9. The summed E-state index contributed by atoms with van der Waals surface area (Å²) in [6.07, 6.45) is 1.66. The van der Waals surface area contributed by atoms with Crippen LogP contribution in [0.15, 0.2) is 64.1 Å². The van der Waals surface area contributed by atoms with Gasteiger partial charge in [-0.15, -0.1) is 11.8 Å². The third-order valence-electron chi connectivity index (χ3n) is 3.18. The van der Waals surface area contributed by atoms with E-state index in [-0.39, 0.29) is 5.91 Å². The third-order valence-corrected chi connectivity index (χ3v) is 4.47. The zero-order valence-electron chi connectivity index (χ0n) is 13.0. The van der Waals surface area contributed by atoms with Gasteiger partial charge in [0.05, 0.1) is 5.69 Å². The maximum atomic E-state index is 11.0. The van der Waals surface area contributed by atoms with Crippen molar-refractivity contribution >= 4 is 35.0 Å². The van der Waals surface area contributed by atoms with Crippen LogP contribution in [0.1, 0.15) is 12.6 Å². The fraction of sp³-hybridized carbons (Fsp3) is 0.111. The lowest BCUT2D eigenvalue weighted by molar-refractivity contribution is -0.114. The SMILES string of the molecule is CC(=O)Nc1ccc(SCc2coc(-c3cccc(Cl)c3)n2)cc1. The Bertz CT molecular complexity index is 846. The fourth-order valence-corrected chi connectivity index (χ4v) is 3.09. The average molecular weight is 359 g/mol. The van der Waals surface area contributed by atoms with Gasteiger partial charge in [0.1, 0.15) is 6.26 Å². The van der Waals surface area contributed by atoms with Crippen molar-refractivity contribution in [3.8, 4) is 11.5 Å². The fourth-order valence-electron chi connectivity index (χ4n) is 2.12. The van der Waals surface area contributed by atoms with Crippen LogP contribution in [0.3, 0.4) is 0 Å². The van der Waals surface area contributed by atoms with E-state index in [2.05, 4.69) is 10.3 Å². The number of aromatic nitrogens is 1. The maximum absolute atomic E-state index is 11.0. The number of rotatable bonds is 5. The van der Waals surface area contributed by atoms with Crippen LogP contribution in [0.5, 0.6) is 0 Å². The zero-order valence-corrected chi connectivity index (χ0v) is 14.5. The number of hydrogen-bond donors (Lipinski definition) is 1. The van der Waals surface area contributed by atoms with E-state index < -0.39 is 0 Å². The standard InChI is InChI=1S/C18H15ClN2O2S/c1-12(22)20-15-5-7-17(8-6-15)24-11-16-10-23-18(21-16)13-3-2-4-14(19)9-13/h2-10H,11H2,1H3,(H,20,22). The van der Waals surface area contributed by atoms with Crippen LogP contribution in [0.2, 0.25) is 5.02 Å². The van der Waals surface area contributed by atoms with Gasteiger partial charge < -0.3 is 9.73 Å². The Balaban J connectivity index is 1.62. The predicted octanol–water partition coefficient (Wildman–Crippen LogP) is 5.25. The summed E-state index contributed by atoms with van der Waals surface area (Å²) in [7, 11) is 0. The number of halogens is 1. The first-order chi connectivity index (χ1) is 11.6. The van der Waals surface area contributed by atoms with E-state index >= 15 is 0 Å². The molecule has 0 aliphatic rings. The Morgan fingerprint density at radius 2 is 2.04 bits per heavy atom. The molecular weight excluding hydrogens is 344 g/mol. The van der Waals surface area contributed by atoms with E-state index in [4.69, 9.17) is 16.0 Å². The van der Waals surface area contributed by atoms with Crippen LogP contribution >= 0.6 is 23.4 Å². The molecule has 2 aromatic carbocycles. The second-order valence-electron chi connectivity index (χ2n) is 5.15. The second-order valence-corrected chi connectivity index (χ2v) is 6.63. The van der Waals surface area contributed by atoms with Crippen LogP contribution in [0.25, 0.3) is 11.5 Å². The minimum atomic E-state index is -0.0773. The number of hydrogen-bond acceptors (Lipinski definition) is 4. The van der Waals surface area contributed by atoms with Gasteiger partial charge in [-0.3, -0.25) is 4.79 Å². The topological polar surface area (TPSA) is 55.1 Å². The monoisotopic (exact) mass is 358 g/mol. The Hall–Kier alpha value is -2.24. The van der Waals surface area contributed by atoms with Crippen LogP contribution in [0.4, 0.5) is 5.69 Å². The second kappa shape index (κ2) is 7.55. The number of thioether (sulfide) groups is 1. The van der Waals surface area contributed by atoms with E-state index in [1.165, 1.54) is 6.92 Å². The van der Waals surface area contributed by atoms with Crippen molar-refractivity contribution in [2.45, 2.75) is 17.6 Å². The summed E-state index contributed by atoms with van der Waals surface area (Å²) in [4.78, 5) is 16.6. The quantitative estimate of drug-likeness (QED) is 0.633. The van der Waals surface area contributed by atoms with Crippen molar-refractivity contribution in [2.75, 3.05) is 5.32 Å². The Morgan fingerprint density at radius 3 is 2.75 bits per heavy atom. The van der Waals surface area contributed by atoms with Crippen molar-refractivity contribution < 1.29 is 9.21 Å². The summed E-state index contributed by atoms with van der Waals surface area (Å²) in [6.45, 7) is 1.49. The molecule has 0 saturated carbocycles. The number of amides is 1. The maximum Gasteiger partial charge on any atom is 0.226 e. The molecule has 24 heavy (non-hydrogen) atoms. The van der Waals surface area contributed by atoms with Gasteiger partial charge >= 0.3 is 0 Å². The number of benzene rings is 2. The van der Waals surface area contributed by atoms with Gasteiger partial charge in [0.25, 0.3) is 0 Å². The largest absolute Gasteiger partial charge is 0.444 e. The van der Waals surface area contributed by atoms with Gasteiger partial charge in [0.2, 0.25) is 11.8 Å². The molecule has 0 unspecified atom stereocenters. The summed E-state index contributed by atoms with van der Waals surface area (Å²) >= 11 is 7.64. The van der Waals surface area contributed by atoms with Gasteiger partial charge in [-0.25, -0.2) is 4.98 Å². The molecule has 1 amide bonds. The molecule has 0 aliphatic carbocycles. The average Bonchev–Trinajstić information content (AvgIpc) is 3.03. The molecule has 0 bridgehead atoms.